The molecule has 4 heteroatoms. The molecule has 0 bridgehead atoms. The lowest BCUT2D eigenvalue weighted by Crippen LogP contribution is -1.85. The van der Waals surface area contributed by atoms with Crippen LogP contribution in [0.1, 0.15) is 0 Å². The van der Waals surface area contributed by atoms with Gasteiger partial charge in [0.15, 0.2) is 11.6 Å². The van der Waals surface area contributed by atoms with E-state index in [4.69, 9.17) is 6.57 Å². The highest BCUT2D eigenvalue weighted by Crippen LogP contribution is 2.21. The van der Waals surface area contributed by atoms with Gasteiger partial charge in [-0.05, 0) is 6.07 Å². The van der Waals surface area contributed by atoms with E-state index < -0.39 is 23.1 Å². The minimum atomic E-state index is -1.34. The van der Waals surface area contributed by atoms with E-state index in [2.05, 4.69) is 4.85 Å². The second-order valence-electron chi connectivity index (χ2n) is 1.83. The molecule has 0 aromatic heterocycles. The Morgan fingerprint density at radius 1 is 1.18 bits per heavy atom. The first-order chi connectivity index (χ1) is 5.15. The van der Waals surface area contributed by atoms with E-state index in [-0.39, 0.29) is 0 Å². The first-order valence-electron chi connectivity index (χ1n) is 2.67. The molecular weight excluding hydrogens is 155 g/mol. The molecule has 11 heavy (non-hydrogen) atoms. The smallest absolute Gasteiger partial charge is 0.227 e. The zero-order valence-electron chi connectivity index (χ0n) is 5.24. The van der Waals surface area contributed by atoms with E-state index in [1.165, 1.54) is 0 Å². The van der Waals surface area contributed by atoms with Crippen molar-refractivity contribution in [1.29, 1.82) is 0 Å². The fourth-order valence-electron chi connectivity index (χ4n) is 0.624. The summed E-state index contributed by atoms with van der Waals surface area (Å²) >= 11 is 0. The molecule has 0 unspecified atom stereocenters. The summed E-state index contributed by atoms with van der Waals surface area (Å²) in [6.07, 6.45) is 0. The average Bonchev–Trinajstić information content (AvgIpc) is 1.96. The molecule has 0 amide bonds. The van der Waals surface area contributed by atoms with Gasteiger partial charge in [-0.3, -0.25) is 0 Å². The molecule has 0 saturated carbocycles. The normalized spacial score (nSPS) is 9.27. The van der Waals surface area contributed by atoms with Crippen LogP contribution in [0.25, 0.3) is 4.85 Å². The second-order valence-corrected chi connectivity index (χ2v) is 1.83. The number of hydrogen-bond donors (Lipinski definition) is 0. The van der Waals surface area contributed by atoms with Gasteiger partial charge in [-0.15, -0.1) is 0 Å². The third-order valence-corrected chi connectivity index (χ3v) is 1.09. The predicted molar refractivity (Wildman–Crippen MR) is 32.6 cm³/mol. The molecule has 1 aromatic carbocycles. The molecule has 0 atom stereocenters. The van der Waals surface area contributed by atoms with Crippen molar-refractivity contribution in [2.75, 3.05) is 0 Å². The van der Waals surface area contributed by atoms with Gasteiger partial charge in [-0.25, -0.2) is 18.0 Å². The fraction of sp³-hybridized carbons (Fsp3) is 0. The van der Waals surface area contributed by atoms with Crippen molar-refractivity contribution in [3.05, 3.63) is 41.0 Å². The minimum absolute atomic E-state index is 0.393. The van der Waals surface area contributed by atoms with Crippen molar-refractivity contribution < 1.29 is 13.2 Å². The SMILES string of the molecule is [C-]#[N+]c1cc(F)cc(F)c1F. The number of benzene rings is 1. The van der Waals surface area contributed by atoms with Gasteiger partial charge >= 0.3 is 0 Å². The van der Waals surface area contributed by atoms with E-state index in [9.17, 15) is 13.2 Å². The van der Waals surface area contributed by atoms with Crippen LogP contribution in [0.5, 0.6) is 0 Å². The maximum atomic E-state index is 12.4. The molecule has 1 rings (SSSR count). The first-order valence-corrected chi connectivity index (χ1v) is 2.67. The van der Waals surface area contributed by atoms with Crippen molar-refractivity contribution in [2.45, 2.75) is 0 Å². The summed E-state index contributed by atoms with van der Waals surface area (Å²) in [7, 11) is 0. The number of halogens is 3. The number of nitrogens with zero attached hydrogens (tertiary/aromatic N) is 1. The Hall–Kier alpha value is -1.50. The molecule has 0 fully saturated rings. The molecule has 0 spiro atoms. The van der Waals surface area contributed by atoms with Crippen molar-refractivity contribution in [2.24, 2.45) is 0 Å². The Morgan fingerprint density at radius 2 is 1.82 bits per heavy atom. The highest BCUT2D eigenvalue weighted by molar-refractivity contribution is 5.46. The Kier molecular flexibility index (Phi) is 1.81. The van der Waals surface area contributed by atoms with Gasteiger partial charge in [0.05, 0.1) is 6.57 Å². The molecule has 56 valence electrons. The van der Waals surface area contributed by atoms with Crippen LogP contribution in [-0.4, -0.2) is 0 Å². The van der Waals surface area contributed by atoms with Crippen LogP contribution in [0.2, 0.25) is 0 Å². The van der Waals surface area contributed by atoms with Gasteiger partial charge < -0.3 is 0 Å². The molecule has 1 nitrogen and oxygen atoms in total. The molecular formula is C7H2F3N. The van der Waals surface area contributed by atoms with E-state index in [0.29, 0.717) is 12.1 Å². The monoisotopic (exact) mass is 157 g/mol. The van der Waals surface area contributed by atoms with Gasteiger partial charge in [-0.1, -0.05) is 0 Å². The summed E-state index contributed by atoms with van der Waals surface area (Å²) in [4.78, 5) is 2.59. The molecule has 0 saturated heterocycles. The summed E-state index contributed by atoms with van der Waals surface area (Å²) < 4.78 is 36.9. The van der Waals surface area contributed by atoms with Crippen LogP contribution >= 0.6 is 0 Å². The second kappa shape index (κ2) is 2.62. The Labute approximate surface area is 60.9 Å². The largest absolute Gasteiger partial charge is 0.235 e. The van der Waals surface area contributed by atoms with Crippen molar-refractivity contribution >= 4 is 5.69 Å². The van der Waals surface area contributed by atoms with Crippen molar-refractivity contribution in [1.82, 2.24) is 0 Å². The van der Waals surface area contributed by atoms with Gasteiger partial charge in [0, 0.05) is 6.07 Å². The third kappa shape index (κ3) is 1.32. The molecule has 0 aliphatic rings. The molecule has 0 aliphatic heterocycles. The van der Waals surface area contributed by atoms with E-state index >= 15 is 0 Å². The summed E-state index contributed by atoms with van der Waals surface area (Å²) in [5.74, 6) is -3.59. The summed E-state index contributed by atoms with van der Waals surface area (Å²) in [5, 5.41) is 0. The molecule has 0 aliphatic carbocycles. The number of hydrogen-bond acceptors (Lipinski definition) is 0. The van der Waals surface area contributed by atoms with Crippen LogP contribution in [0.3, 0.4) is 0 Å². The van der Waals surface area contributed by atoms with Crippen LogP contribution in [0, 0.1) is 24.0 Å². The maximum Gasteiger partial charge on any atom is 0.227 e. The van der Waals surface area contributed by atoms with Crippen LogP contribution < -0.4 is 0 Å². The van der Waals surface area contributed by atoms with Gasteiger partial charge in [-0.2, -0.15) is 0 Å². The van der Waals surface area contributed by atoms with Crippen LogP contribution in [0.4, 0.5) is 18.9 Å². The lowest BCUT2D eigenvalue weighted by molar-refractivity contribution is 0.499. The first kappa shape index (κ1) is 7.61. The van der Waals surface area contributed by atoms with E-state index in [1.807, 2.05) is 0 Å². The van der Waals surface area contributed by atoms with Crippen LogP contribution in [-0.2, 0) is 0 Å². The third-order valence-electron chi connectivity index (χ3n) is 1.09. The predicted octanol–water partition coefficient (Wildman–Crippen LogP) is 2.65. The number of rotatable bonds is 0. The minimum Gasteiger partial charge on any atom is -0.235 e. The van der Waals surface area contributed by atoms with Crippen molar-refractivity contribution in [3.63, 3.8) is 0 Å². The summed E-state index contributed by atoms with van der Waals surface area (Å²) in [5.41, 5.74) is -0.637. The highest BCUT2D eigenvalue weighted by atomic mass is 19.2. The van der Waals surface area contributed by atoms with Gasteiger partial charge in [0.1, 0.15) is 5.82 Å². The Balaban J connectivity index is 3.39. The lowest BCUT2D eigenvalue weighted by Gasteiger charge is -1.94. The average molecular weight is 157 g/mol. The summed E-state index contributed by atoms with van der Waals surface area (Å²) in [6, 6.07) is 1.04. The van der Waals surface area contributed by atoms with E-state index in [0.717, 1.165) is 0 Å². The summed E-state index contributed by atoms with van der Waals surface area (Å²) in [6.45, 7) is 6.33. The van der Waals surface area contributed by atoms with Crippen LogP contribution in [0.15, 0.2) is 12.1 Å². The topological polar surface area (TPSA) is 4.36 Å². The molecule has 0 N–H and O–H groups in total. The quantitative estimate of drug-likeness (QED) is 0.402. The molecule has 1 aromatic rings. The lowest BCUT2D eigenvalue weighted by atomic mass is 10.3. The zero-order valence-corrected chi connectivity index (χ0v) is 5.24. The molecule has 0 radical (unpaired) electrons. The van der Waals surface area contributed by atoms with Gasteiger partial charge in [0.25, 0.3) is 0 Å². The van der Waals surface area contributed by atoms with Gasteiger partial charge in [0.2, 0.25) is 5.69 Å². The Morgan fingerprint density at radius 3 is 2.36 bits per heavy atom. The van der Waals surface area contributed by atoms with E-state index in [1.54, 1.807) is 0 Å². The molecule has 0 heterocycles. The maximum absolute atomic E-state index is 12.4. The fourth-order valence-corrected chi connectivity index (χ4v) is 0.624. The highest BCUT2D eigenvalue weighted by Gasteiger charge is 2.09. The zero-order chi connectivity index (χ0) is 8.43. The Bertz CT molecular complexity index is 327. The van der Waals surface area contributed by atoms with Crippen molar-refractivity contribution in [3.8, 4) is 0 Å². The standard InChI is InChI=1S/C7H2F3N/c1-11-6-3-4(8)2-5(9)7(6)10/h2-3H.